The van der Waals surface area contributed by atoms with Gasteiger partial charge in [0.25, 0.3) is 0 Å². The molecule has 37 heavy (non-hydrogen) atoms. The molecule has 0 aromatic carbocycles. The molecule has 9 atom stereocenters. The summed E-state index contributed by atoms with van der Waals surface area (Å²) in [5.41, 5.74) is 4.16. The Balaban J connectivity index is 1.45. The molecular formula is C28H40N2O7. The first-order valence-corrected chi connectivity index (χ1v) is 13.6. The Morgan fingerprint density at radius 2 is 2.11 bits per heavy atom. The van der Waals surface area contributed by atoms with Crippen molar-refractivity contribution >= 4 is 17.5 Å². The number of Topliss-reactive ketones (excluding diaryl/α,β-unsaturated/α-hetero) is 1. The first-order valence-electron chi connectivity index (χ1n) is 13.6. The minimum absolute atomic E-state index is 0.00688. The maximum Gasteiger partial charge on any atom is 0.235 e. The third-order valence-corrected chi connectivity index (χ3v) is 10.0. The standard InChI is InChI=1S/C28H40N2O7/c1-4-5-24-36-22-11-19-18-7-6-16-10-17(31)8-9-26(16,2)25(18)20(32)12-27(19,3)28(22,37-24)21(33)14-35-15-30-23(34)13-29/h8-10,18-20,22,24-25,32H,4-7,11-15,29H2,1-3H3,(H,30,34)/t18-,19?,20-,22+,24?,25?,26-,27-,28+/m0/s1. The molecule has 9 nitrogen and oxygen atoms in total. The first kappa shape index (κ1) is 26.7. The molecule has 5 rings (SSSR count). The van der Waals surface area contributed by atoms with Crippen LogP contribution in [-0.2, 0) is 28.6 Å². The fourth-order valence-corrected chi connectivity index (χ4v) is 8.46. The van der Waals surface area contributed by atoms with Gasteiger partial charge >= 0.3 is 0 Å². The highest BCUT2D eigenvalue weighted by molar-refractivity contribution is 6.01. The number of rotatable bonds is 8. The lowest BCUT2D eigenvalue weighted by molar-refractivity contribution is -0.201. The van der Waals surface area contributed by atoms with E-state index in [9.17, 15) is 19.5 Å². The number of aliphatic hydroxyl groups is 1. The fraction of sp³-hybridized carbons (Fsp3) is 0.750. The highest BCUT2D eigenvalue weighted by Crippen LogP contribution is 2.69. The smallest absolute Gasteiger partial charge is 0.235 e. The molecule has 9 heteroatoms. The molecule has 204 valence electrons. The Labute approximate surface area is 218 Å². The van der Waals surface area contributed by atoms with E-state index in [1.807, 2.05) is 13.0 Å². The predicted molar refractivity (Wildman–Crippen MR) is 134 cm³/mol. The number of carbonyl (C=O) groups excluding carboxylic acids is 3. The number of ketones is 2. The second kappa shape index (κ2) is 9.68. The number of amides is 1. The minimum atomic E-state index is -1.23. The molecular weight excluding hydrogens is 476 g/mol. The quantitative estimate of drug-likeness (QED) is 0.328. The molecule has 1 aliphatic heterocycles. The number of fused-ring (bicyclic) bond motifs is 7. The van der Waals surface area contributed by atoms with Crippen LogP contribution in [0.5, 0.6) is 0 Å². The lowest BCUT2D eigenvalue weighted by atomic mass is 9.46. The molecule has 4 N–H and O–H groups in total. The second-order valence-electron chi connectivity index (χ2n) is 11.9. The summed E-state index contributed by atoms with van der Waals surface area (Å²) in [4.78, 5) is 37.5. The molecule has 1 amide bonds. The largest absolute Gasteiger partial charge is 0.393 e. The molecule has 4 fully saturated rings. The van der Waals surface area contributed by atoms with Crippen LogP contribution in [0, 0.1) is 28.6 Å². The van der Waals surface area contributed by atoms with E-state index < -0.39 is 29.5 Å². The van der Waals surface area contributed by atoms with Gasteiger partial charge in [0.1, 0.15) is 13.3 Å². The molecule has 5 aliphatic rings. The van der Waals surface area contributed by atoms with Crippen molar-refractivity contribution in [2.75, 3.05) is 19.9 Å². The number of hydrogen-bond acceptors (Lipinski definition) is 8. The van der Waals surface area contributed by atoms with E-state index >= 15 is 0 Å². The van der Waals surface area contributed by atoms with Gasteiger partial charge in [0, 0.05) is 16.7 Å². The van der Waals surface area contributed by atoms with Crippen LogP contribution in [0.25, 0.3) is 0 Å². The van der Waals surface area contributed by atoms with Gasteiger partial charge in [0.15, 0.2) is 23.5 Å². The SMILES string of the molecule is CCCC1O[C@@H]2CC3[C@@H]4CCC5=CC(=O)C=C[C@]5(C)C4[C@@H](O)C[C@]3(C)[C@]2(C(=O)COCNC(=O)CN)O1. The number of nitrogens with two attached hydrogens (primary N) is 1. The monoisotopic (exact) mass is 516 g/mol. The summed E-state index contributed by atoms with van der Waals surface area (Å²) in [6.07, 6.45) is 8.05. The van der Waals surface area contributed by atoms with Crippen molar-refractivity contribution in [3.8, 4) is 0 Å². The normalized spacial score (nSPS) is 43.9. The average molecular weight is 517 g/mol. The Bertz CT molecular complexity index is 1030. The van der Waals surface area contributed by atoms with E-state index in [0.29, 0.717) is 19.3 Å². The van der Waals surface area contributed by atoms with Crippen molar-refractivity contribution in [1.82, 2.24) is 5.32 Å². The van der Waals surface area contributed by atoms with Crippen LogP contribution in [0.3, 0.4) is 0 Å². The highest BCUT2D eigenvalue weighted by Gasteiger charge is 2.75. The maximum atomic E-state index is 14.0. The lowest BCUT2D eigenvalue weighted by Crippen LogP contribution is -2.63. The van der Waals surface area contributed by atoms with Crippen molar-refractivity contribution in [2.24, 2.45) is 34.3 Å². The third-order valence-electron chi connectivity index (χ3n) is 10.0. The van der Waals surface area contributed by atoms with Gasteiger partial charge in [-0.2, -0.15) is 0 Å². The van der Waals surface area contributed by atoms with Gasteiger partial charge in [-0.3, -0.25) is 14.4 Å². The van der Waals surface area contributed by atoms with Crippen molar-refractivity contribution in [3.05, 3.63) is 23.8 Å². The topological polar surface area (TPSA) is 137 Å². The highest BCUT2D eigenvalue weighted by atomic mass is 16.7. The van der Waals surface area contributed by atoms with E-state index in [-0.39, 0.29) is 60.5 Å². The number of nitrogens with one attached hydrogen (secondary N) is 1. The minimum Gasteiger partial charge on any atom is -0.393 e. The van der Waals surface area contributed by atoms with Crippen LogP contribution < -0.4 is 11.1 Å². The number of allylic oxidation sites excluding steroid dienone is 4. The van der Waals surface area contributed by atoms with E-state index in [0.717, 1.165) is 24.8 Å². The van der Waals surface area contributed by atoms with E-state index in [1.54, 1.807) is 12.2 Å². The molecule has 4 aliphatic carbocycles. The molecule has 0 spiro atoms. The van der Waals surface area contributed by atoms with Gasteiger partial charge in [-0.25, -0.2) is 0 Å². The van der Waals surface area contributed by atoms with Crippen molar-refractivity contribution in [3.63, 3.8) is 0 Å². The number of carbonyl (C=O) groups is 3. The van der Waals surface area contributed by atoms with E-state index in [2.05, 4.69) is 19.2 Å². The summed E-state index contributed by atoms with van der Waals surface area (Å²) in [7, 11) is 0. The summed E-state index contributed by atoms with van der Waals surface area (Å²) in [5, 5.41) is 14.3. The third kappa shape index (κ3) is 3.97. The Morgan fingerprint density at radius 3 is 2.84 bits per heavy atom. The van der Waals surface area contributed by atoms with Crippen LogP contribution in [0.4, 0.5) is 0 Å². The molecule has 0 aromatic rings. The summed E-state index contributed by atoms with van der Waals surface area (Å²) in [6.45, 7) is 5.76. The van der Waals surface area contributed by atoms with E-state index in [4.69, 9.17) is 19.9 Å². The Morgan fingerprint density at radius 1 is 1.32 bits per heavy atom. The van der Waals surface area contributed by atoms with Crippen LogP contribution in [0.15, 0.2) is 23.8 Å². The van der Waals surface area contributed by atoms with Gasteiger partial charge in [-0.05, 0) is 56.1 Å². The molecule has 1 saturated heterocycles. The molecule has 1 heterocycles. The zero-order valence-electron chi connectivity index (χ0n) is 22.0. The molecule has 0 radical (unpaired) electrons. The van der Waals surface area contributed by atoms with Crippen LogP contribution in [0.1, 0.15) is 59.3 Å². The number of aliphatic hydroxyl groups excluding tert-OH is 1. The molecule has 0 bridgehead atoms. The molecule has 3 unspecified atom stereocenters. The van der Waals surface area contributed by atoms with Crippen LogP contribution >= 0.6 is 0 Å². The van der Waals surface area contributed by atoms with Crippen LogP contribution in [0.2, 0.25) is 0 Å². The average Bonchev–Trinajstić information content (AvgIpc) is 3.34. The summed E-state index contributed by atoms with van der Waals surface area (Å²) < 4.78 is 18.5. The maximum absolute atomic E-state index is 14.0. The van der Waals surface area contributed by atoms with Gasteiger partial charge in [0.2, 0.25) is 5.91 Å². The van der Waals surface area contributed by atoms with Gasteiger partial charge in [-0.15, -0.1) is 0 Å². The van der Waals surface area contributed by atoms with Gasteiger partial charge < -0.3 is 30.4 Å². The number of hydrogen-bond donors (Lipinski definition) is 3. The van der Waals surface area contributed by atoms with Crippen LogP contribution in [-0.4, -0.2) is 66.6 Å². The fourth-order valence-electron chi connectivity index (χ4n) is 8.46. The van der Waals surface area contributed by atoms with Gasteiger partial charge in [-0.1, -0.05) is 38.8 Å². The summed E-state index contributed by atoms with van der Waals surface area (Å²) >= 11 is 0. The zero-order valence-corrected chi connectivity index (χ0v) is 22.0. The van der Waals surface area contributed by atoms with Crippen molar-refractivity contribution in [1.29, 1.82) is 0 Å². The summed E-state index contributed by atoms with van der Waals surface area (Å²) in [5.74, 6) is -0.342. The van der Waals surface area contributed by atoms with Gasteiger partial charge in [0.05, 0.1) is 18.8 Å². The zero-order chi connectivity index (χ0) is 26.6. The number of ether oxygens (including phenoxy) is 3. The van der Waals surface area contributed by atoms with Crippen molar-refractivity contribution in [2.45, 2.75) is 83.4 Å². The van der Waals surface area contributed by atoms with Crippen molar-refractivity contribution < 1.29 is 33.7 Å². The Kier molecular flexibility index (Phi) is 6.98. The van der Waals surface area contributed by atoms with E-state index in [1.165, 1.54) is 0 Å². The molecule has 3 saturated carbocycles. The summed E-state index contributed by atoms with van der Waals surface area (Å²) in [6, 6.07) is 0. The lowest BCUT2D eigenvalue weighted by Gasteiger charge is -2.59. The Hall–Kier alpha value is -1.91. The predicted octanol–water partition coefficient (Wildman–Crippen LogP) is 1.77. The second-order valence-corrected chi connectivity index (χ2v) is 11.9. The molecule has 0 aromatic heterocycles. The first-order chi connectivity index (χ1) is 17.6.